The van der Waals surface area contributed by atoms with Gasteiger partial charge in [0.1, 0.15) is 0 Å². The Kier molecular flexibility index (Phi) is 6.51. The molecule has 2 aromatic carbocycles. The van der Waals surface area contributed by atoms with Gasteiger partial charge in [-0.05, 0) is 44.0 Å². The van der Waals surface area contributed by atoms with Crippen molar-refractivity contribution in [2.45, 2.75) is 44.0 Å². The van der Waals surface area contributed by atoms with E-state index in [1.54, 1.807) is 27.8 Å². The van der Waals surface area contributed by atoms with Crippen molar-refractivity contribution in [2.24, 2.45) is 4.99 Å². The van der Waals surface area contributed by atoms with Crippen LogP contribution in [0, 0.1) is 0 Å². The van der Waals surface area contributed by atoms with Gasteiger partial charge in [-0.3, -0.25) is 0 Å². The predicted molar refractivity (Wildman–Crippen MR) is 122 cm³/mol. The molecule has 1 fully saturated rings. The number of hydrogen-bond acceptors (Lipinski definition) is 4. The first kappa shape index (κ1) is 21.0. The largest absolute Gasteiger partial charge is 0.317 e. The third-order valence-corrected chi connectivity index (χ3v) is 8.19. The average Bonchev–Trinajstić information content (AvgIpc) is 2.97. The van der Waals surface area contributed by atoms with E-state index >= 15 is 0 Å². The second-order valence-corrected chi connectivity index (χ2v) is 10.2. The zero-order valence-corrected chi connectivity index (χ0v) is 18.8. The summed E-state index contributed by atoms with van der Waals surface area (Å²) in [6.45, 7) is 4.06. The molecule has 0 N–H and O–H groups in total. The molecule has 7 heteroatoms. The first-order valence-electron chi connectivity index (χ1n) is 10.5. The number of thiazole rings is 1. The van der Waals surface area contributed by atoms with Crippen LogP contribution >= 0.6 is 11.3 Å². The molecular formula is C23H27N3O2S2. The van der Waals surface area contributed by atoms with Gasteiger partial charge in [0.2, 0.25) is 10.0 Å². The Morgan fingerprint density at radius 1 is 0.967 bits per heavy atom. The monoisotopic (exact) mass is 441 g/mol. The molecule has 3 aromatic rings. The van der Waals surface area contributed by atoms with Gasteiger partial charge in [0.05, 0.1) is 16.3 Å². The van der Waals surface area contributed by atoms with Crippen molar-refractivity contribution in [1.29, 1.82) is 0 Å². The van der Waals surface area contributed by atoms with Gasteiger partial charge in [-0.2, -0.15) is 4.31 Å². The van der Waals surface area contributed by atoms with Crippen LogP contribution in [-0.4, -0.2) is 30.4 Å². The van der Waals surface area contributed by atoms with Crippen molar-refractivity contribution in [2.75, 3.05) is 13.1 Å². The molecule has 0 spiro atoms. The van der Waals surface area contributed by atoms with Crippen LogP contribution < -0.4 is 4.80 Å². The van der Waals surface area contributed by atoms with Gasteiger partial charge in [0, 0.05) is 30.6 Å². The molecule has 0 saturated carbocycles. The number of nitrogens with zero attached hydrogens (tertiary/aromatic N) is 3. The van der Waals surface area contributed by atoms with Gasteiger partial charge >= 0.3 is 0 Å². The first-order valence-corrected chi connectivity index (χ1v) is 12.8. The molecule has 0 bridgehead atoms. The molecule has 0 aliphatic carbocycles. The lowest BCUT2D eigenvalue weighted by molar-refractivity contribution is 0.424. The summed E-state index contributed by atoms with van der Waals surface area (Å²) < 4.78 is 30.2. The molecule has 1 aromatic heterocycles. The fraction of sp³-hybridized carbons (Fsp3) is 0.348. The quantitative estimate of drug-likeness (QED) is 0.557. The fourth-order valence-electron chi connectivity index (χ4n) is 3.81. The Labute approximate surface area is 182 Å². The highest BCUT2D eigenvalue weighted by Crippen LogP contribution is 2.26. The lowest BCUT2D eigenvalue weighted by Gasteiger charge is -2.20. The summed E-state index contributed by atoms with van der Waals surface area (Å²) in [6.07, 6.45) is 4.07. The smallest absolute Gasteiger partial charge is 0.243 e. The summed E-state index contributed by atoms with van der Waals surface area (Å²) in [7, 11) is -3.47. The molecule has 4 rings (SSSR count). The van der Waals surface area contributed by atoms with Crippen LogP contribution in [-0.2, 0) is 16.6 Å². The third kappa shape index (κ3) is 4.43. The highest BCUT2D eigenvalue weighted by atomic mass is 32.2. The molecule has 30 heavy (non-hydrogen) atoms. The van der Waals surface area contributed by atoms with E-state index in [4.69, 9.17) is 4.99 Å². The summed E-state index contributed by atoms with van der Waals surface area (Å²) >= 11 is 1.57. The second kappa shape index (κ2) is 9.29. The topological polar surface area (TPSA) is 54.7 Å². The molecule has 5 nitrogen and oxygen atoms in total. The highest BCUT2D eigenvalue weighted by molar-refractivity contribution is 7.89. The van der Waals surface area contributed by atoms with Gasteiger partial charge in [0.25, 0.3) is 0 Å². The van der Waals surface area contributed by atoms with E-state index in [0.717, 1.165) is 54.0 Å². The van der Waals surface area contributed by atoms with E-state index in [2.05, 4.69) is 16.9 Å². The standard InChI is InChI=1S/C23H27N3O2S2/c1-2-26-22(18-29-23(26)24-20-12-6-5-7-13-20)19-11-10-14-21(17-19)30(27,28)25-15-8-3-4-9-16-25/h5-7,10-14,17-18H,2-4,8-9,15-16H2,1H3. The molecular weight excluding hydrogens is 414 g/mol. The van der Waals surface area contributed by atoms with E-state index < -0.39 is 10.0 Å². The van der Waals surface area contributed by atoms with Crippen LogP contribution in [0.5, 0.6) is 0 Å². The number of rotatable bonds is 5. The lowest BCUT2D eigenvalue weighted by Crippen LogP contribution is -2.31. The van der Waals surface area contributed by atoms with Crippen LogP contribution in [0.1, 0.15) is 32.6 Å². The van der Waals surface area contributed by atoms with Gasteiger partial charge in [0.15, 0.2) is 4.80 Å². The Bertz CT molecular complexity index is 1160. The summed E-state index contributed by atoms with van der Waals surface area (Å²) in [5.41, 5.74) is 2.80. The molecule has 0 unspecified atom stereocenters. The molecule has 0 amide bonds. The molecule has 0 atom stereocenters. The Balaban J connectivity index is 1.72. The molecule has 158 valence electrons. The number of sulfonamides is 1. The van der Waals surface area contributed by atoms with Crippen molar-refractivity contribution in [3.8, 4) is 11.3 Å². The average molecular weight is 442 g/mol. The van der Waals surface area contributed by atoms with Crippen LogP contribution in [0.3, 0.4) is 0 Å². The molecule has 0 radical (unpaired) electrons. The Hall–Kier alpha value is -2.22. The zero-order valence-electron chi connectivity index (χ0n) is 17.2. The zero-order chi connectivity index (χ0) is 21.0. The van der Waals surface area contributed by atoms with Gasteiger partial charge < -0.3 is 4.57 Å². The molecule has 1 aliphatic heterocycles. The predicted octanol–water partition coefficient (Wildman–Crippen LogP) is 5.03. The summed E-state index contributed by atoms with van der Waals surface area (Å²) in [5, 5.41) is 2.06. The van der Waals surface area contributed by atoms with Crippen LogP contribution in [0.25, 0.3) is 11.3 Å². The summed E-state index contributed by atoms with van der Waals surface area (Å²) in [5.74, 6) is 0. The summed E-state index contributed by atoms with van der Waals surface area (Å²) in [4.78, 5) is 6.04. The number of hydrogen-bond donors (Lipinski definition) is 0. The van der Waals surface area contributed by atoms with Crippen molar-refractivity contribution in [1.82, 2.24) is 8.87 Å². The molecule has 1 saturated heterocycles. The Morgan fingerprint density at radius 3 is 2.40 bits per heavy atom. The van der Waals surface area contributed by atoms with Crippen molar-refractivity contribution in [3.05, 3.63) is 64.8 Å². The molecule has 1 aliphatic rings. The minimum atomic E-state index is -3.47. The maximum absolute atomic E-state index is 13.2. The number of aromatic nitrogens is 1. The maximum atomic E-state index is 13.2. The SMILES string of the molecule is CCn1c(-c2cccc(S(=O)(=O)N3CCCCCC3)c2)csc1=Nc1ccccc1. The Morgan fingerprint density at radius 2 is 1.70 bits per heavy atom. The number of para-hydroxylation sites is 1. The third-order valence-electron chi connectivity index (χ3n) is 5.43. The van der Waals surface area contributed by atoms with E-state index in [-0.39, 0.29) is 0 Å². The van der Waals surface area contributed by atoms with Crippen molar-refractivity contribution >= 4 is 27.0 Å². The summed E-state index contributed by atoms with van der Waals surface area (Å²) in [6, 6.07) is 17.2. The fourth-order valence-corrected chi connectivity index (χ4v) is 6.37. The van der Waals surface area contributed by atoms with Crippen LogP contribution in [0.15, 0.2) is 69.9 Å². The van der Waals surface area contributed by atoms with Crippen LogP contribution in [0.4, 0.5) is 5.69 Å². The van der Waals surface area contributed by atoms with Crippen molar-refractivity contribution < 1.29 is 8.42 Å². The van der Waals surface area contributed by atoms with Gasteiger partial charge in [-0.1, -0.05) is 43.2 Å². The normalized spacial score (nSPS) is 16.5. The van der Waals surface area contributed by atoms with E-state index in [9.17, 15) is 8.42 Å². The van der Waals surface area contributed by atoms with E-state index in [1.807, 2.05) is 42.5 Å². The maximum Gasteiger partial charge on any atom is 0.243 e. The lowest BCUT2D eigenvalue weighted by atomic mass is 10.2. The minimum Gasteiger partial charge on any atom is -0.317 e. The second-order valence-electron chi connectivity index (χ2n) is 7.44. The first-order chi connectivity index (χ1) is 14.6. The van der Waals surface area contributed by atoms with Gasteiger partial charge in [-0.15, -0.1) is 11.3 Å². The van der Waals surface area contributed by atoms with Crippen LogP contribution in [0.2, 0.25) is 0 Å². The highest BCUT2D eigenvalue weighted by Gasteiger charge is 2.25. The molecule has 2 heterocycles. The van der Waals surface area contributed by atoms with E-state index in [1.165, 1.54) is 0 Å². The van der Waals surface area contributed by atoms with Crippen molar-refractivity contribution in [3.63, 3.8) is 0 Å². The minimum absolute atomic E-state index is 0.373. The number of benzene rings is 2. The van der Waals surface area contributed by atoms with E-state index in [0.29, 0.717) is 18.0 Å². The van der Waals surface area contributed by atoms with Gasteiger partial charge in [-0.25, -0.2) is 13.4 Å².